The number of amides is 1. The second-order valence-electron chi connectivity index (χ2n) is 7.50. The summed E-state index contributed by atoms with van der Waals surface area (Å²) < 4.78 is 45.1. The van der Waals surface area contributed by atoms with E-state index in [9.17, 15) is 27.9 Å². The van der Waals surface area contributed by atoms with E-state index in [1.807, 2.05) is 0 Å². The number of hydrogen-bond acceptors (Lipinski definition) is 4. The number of Topliss-reactive ketones (excluding diaryl/α,β-unsaturated/α-hetero) is 1. The van der Waals surface area contributed by atoms with E-state index < -0.39 is 35.2 Å². The molecular weight excluding hydrogens is 471 g/mol. The molecule has 34 heavy (non-hydrogen) atoms. The highest BCUT2D eigenvalue weighted by molar-refractivity contribution is 6.51. The maximum atomic E-state index is 13.3. The van der Waals surface area contributed by atoms with E-state index >= 15 is 0 Å². The van der Waals surface area contributed by atoms with Crippen molar-refractivity contribution in [3.63, 3.8) is 0 Å². The fourth-order valence-electron chi connectivity index (χ4n) is 3.80. The third-order valence-corrected chi connectivity index (χ3v) is 5.70. The highest BCUT2D eigenvalue weighted by Gasteiger charge is 2.47. The van der Waals surface area contributed by atoms with Gasteiger partial charge in [-0.3, -0.25) is 14.5 Å². The van der Waals surface area contributed by atoms with E-state index in [1.165, 1.54) is 37.4 Å². The minimum absolute atomic E-state index is 0.134. The summed E-state index contributed by atoms with van der Waals surface area (Å²) in [5, 5.41) is 11.4. The van der Waals surface area contributed by atoms with Gasteiger partial charge in [0.05, 0.1) is 24.3 Å². The first-order valence-electron chi connectivity index (χ1n) is 10.00. The Morgan fingerprint density at radius 3 is 2.24 bits per heavy atom. The molecule has 0 saturated carbocycles. The van der Waals surface area contributed by atoms with Crippen LogP contribution in [-0.4, -0.2) is 23.9 Å². The van der Waals surface area contributed by atoms with Crippen LogP contribution in [0.25, 0.3) is 5.76 Å². The Morgan fingerprint density at radius 1 is 1.00 bits per heavy atom. The topological polar surface area (TPSA) is 66.8 Å². The second kappa shape index (κ2) is 8.87. The minimum atomic E-state index is -4.65. The maximum Gasteiger partial charge on any atom is 0.416 e. The van der Waals surface area contributed by atoms with E-state index in [-0.39, 0.29) is 16.8 Å². The number of rotatable bonds is 4. The average Bonchev–Trinajstić information content (AvgIpc) is 3.09. The average molecular weight is 488 g/mol. The summed E-state index contributed by atoms with van der Waals surface area (Å²) in [5.74, 6) is -2.04. The zero-order valence-corrected chi connectivity index (χ0v) is 18.4. The Kier molecular flexibility index (Phi) is 6.10. The third-order valence-electron chi connectivity index (χ3n) is 5.45. The number of aliphatic hydroxyl groups is 1. The van der Waals surface area contributed by atoms with Crippen molar-refractivity contribution in [1.82, 2.24) is 0 Å². The molecule has 0 radical (unpaired) electrons. The quantitative estimate of drug-likeness (QED) is 0.279. The van der Waals surface area contributed by atoms with E-state index in [2.05, 4.69) is 0 Å². The van der Waals surface area contributed by atoms with Gasteiger partial charge in [0, 0.05) is 16.3 Å². The number of carbonyl (C=O) groups is 2. The van der Waals surface area contributed by atoms with Gasteiger partial charge in [-0.05, 0) is 60.2 Å². The Bertz CT molecular complexity index is 1280. The predicted molar refractivity (Wildman–Crippen MR) is 121 cm³/mol. The van der Waals surface area contributed by atoms with Gasteiger partial charge in [0.15, 0.2) is 0 Å². The van der Waals surface area contributed by atoms with Gasteiger partial charge in [0.25, 0.3) is 11.7 Å². The standard InChI is InChI=1S/C25H17ClF3NO4/c1-34-19-11-7-15(8-12-19)22(31)20-21(14-5-9-17(26)10-6-14)30(24(33)23(20)32)18-4-2-3-16(13-18)25(27,28)29/h2-13,21,31H,1H3/b22-20-. The van der Waals surface area contributed by atoms with Crippen molar-refractivity contribution in [3.05, 3.63) is 100 Å². The van der Waals surface area contributed by atoms with Crippen molar-refractivity contribution >= 4 is 34.7 Å². The number of ketones is 1. The zero-order chi connectivity index (χ0) is 24.6. The van der Waals surface area contributed by atoms with Crippen LogP contribution < -0.4 is 9.64 Å². The smallest absolute Gasteiger partial charge is 0.416 e. The summed E-state index contributed by atoms with van der Waals surface area (Å²) in [6.07, 6.45) is -4.65. The van der Waals surface area contributed by atoms with Crippen molar-refractivity contribution in [2.75, 3.05) is 12.0 Å². The summed E-state index contributed by atoms with van der Waals surface area (Å²) in [6, 6.07) is 15.2. The Balaban J connectivity index is 1.92. The van der Waals surface area contributed by atoms with Crippen LogP contribution in [-0.2, 0) is 15.8 Å². The largest absolute Gasteiger partial charge is 0.507 e. The number of nitrogens with zero attached hydrogens (tertiary/aromatic N) is 1. The first-order chi connectivity index (χ1) is 16.1. The van der Waals surface area contributed by atoms with Crippen LogP contribution in [0.5, 0.6) is 5.75 Å². The monoisotopic (exact) mass is 487 g/mol. The first-order valence-corrected chi connectivity index (χ1v) is 10.4. The van der Waals surface area contributed by atoms with Gasteiger partial charge in [0.1, 0.15) is 11.5 Å². The molecule has 0 aliphatic carbocycles. The molecule has 9 heteroatoms. The molecule has 1 fully saturated rings. The van der Waals surface area contributed by atoms with Crippen molar-refractivity contribution in [2.24, 2.45) is 0 Å². The van der Waals surface area contributed by atoms with Gasteiger partial charge in [0.2, 0.25) is 0 Å². The van der Waals surface area contributed by atoms with Gasteiger partial charge in [-0.2, -0.15) is 13.2 Å². The van der Waals surface area contributed by atoms with E-state index in [4.69, 9.17) is 16.3 Å². The molecule has 1 amide bonds. The minimum Gasteiger partial charge on any atom is -0.507 e. The van der Waals surface area contributed by atoms with E-state index in [1.54, 1.807) is 24.3 Å². The number of carbonyl (C=O) groups excluding carboxylic acids is 2. The molecule has 1 N–H and O–H groups in total. The fraction of sp³-hybridized carbons (Fsp3) is 0.120. The number of anilines is 1. The predicted octanol–water partition coefficient (Wildman–Crippen LogP) is 5.99. The molecule has 4 rings (SSSR count). The molecule has 1 unspecified atom stereocenters. The SMILES string of the molecule is COc1ccc(/C(O)=C2/C(=O)C(=O)N(c3cccc(C(F)(F)F)c3)C2c2ccc(Cl)cc2)cc1. The van der Waals surface area contributed by atoms with Crippen molar-refractivity contribution < 1.29 is 32.6 Å². The van der Waals surface area contributed by atoms with E-state index in [0.29, 0.717) is 16.3 Å². The number of halogens is 4. The molecule has 0 spiro atoms. The number of benzene rings is 3. The normalized spacial score (nSPS) is 17.8. The molecule has 0 aromatic heterocycles. The van der Waals surface area contributed by atoms with Crippen LogP contribution in [0.2, 0.25) is 5.02 Å². The van der Waals surface area contributed by atoms with Crippen LogP contribution in [0.15, 0.2) is 78.4 Å². The molecule has 0 bridgehead atoms. The Morgan fingerprint density at radius 2 is 1.65 bits per heavy atom. The number of methoxy groups -OCH3 is 1. The van der Waals surface area contributed by atoms with Crippen LogP contribution in [0.3, 0.4) is 0 Å². The number of hydrogen-bond donors (Lipinski definition) is 1. The van der Waals surface area contributed by atoms with Gasteiger partial charge >= 0.3 is 6.18 Å². The number of alkyl halides is 3. The molecular formula is C25H17ClF3NO4. The maximum absolute atomic E-state index is 13.3. The van der Waals surface area contributed by atoms with Crippen LogP contribution in [0, 0.1) is 0 Å². The van der Waals surface area contributed by atoms with E-state index in [0.717, 1.165) is 23.1 Å². The molecule has 3 aromatic carbocycles. The molecule has 1 aliphatic heterocycles. The van der Waals surface area contributed by atoms with Crippen molar-refractivity contribution in [2.45, 2.75) is 12.2 Å². The Labute approximate surface area is 197 Å². The third kappa shape index (κ3) is 4.24. The molecule has 174 valence electrons. The van der Waals surface area contributed by atoms with Crippen molar-refractivity contribution in [1.29, 1.82) is 0 Å². The van der Waals surface area contributed by atoms with Crippen LogP contribution in [0.4, 0.5) is 18.9 Å². The van der Waals surface area contributed by atoms with Gasteiger partial charge in [-0.25, -0.2) is 0 Å². The van der Waals surface area contributed by atoms with Crippen molar-refractivity contribution in [3.8, 4) is 5.75 Å². The molecule has 1 atom stereocenters. The highest BCUT2D eigenvalue weighted by atomic mass is 35.5. The summed E-state index contributed by atoms with van der Waals surface area (Å²) in [7, 11) is 1.47. The van der Waals surface area contributed by atoms with Crippen LogP contribution in [0.1, 0.15) is 22.7 Å². The summed E-state index contributed by atoms with van der Waals surface area (Å²) in [4.78, 5) is 27.1. The summed E-state index contributed by atoms with van der Waals surface area (Å²) in [6.45, 7) is 0. The van der Waals surface area contributed by atoms with Gasteiger partial charge in [-0.15, -0.1) is 0 Å². The van der Waals surface area contributed by atoms with Gasteiger partial charge in [-0.1, -0.05) is 29.8 Å². The number of aliphatic hydroxyl groups excluding tert-OH is 1. The van der Waals surface area contributed by atoms with Crippen LogP contribution >= 0.6 is 11.6 Å². The molecule has 1 saturated heterocycles. The lowest BCUT2D eigenvalue weighted by atomic mass is 9.95. The Hall–Kier alpha value is -3.78. The fourth-order valence-corrected chi connectivity index (χ4v) is 3.92. The molecule has 1 heterocycles. The molecule has 3 aromatic rings. The lowest BCUT2D eigenvalue weighted by Crippen LogP contribution is -2.29. The lowest BCUT2D eigenvalue weighted by molar-refractivity contribution is -0.137. The highest BCUT2D eigenvalue weighted by Crippen LogP contribution is 2.43. The zero-order valence-electron chi connectivity index (χ0n) is 17.6. The first kappa shape index (κ1) is 23.4. The molecule has 5 nitrogen and oxygen atoms in total. The molecule has 1 aliphatic rings. The summed E-state index contributed by atoms with van der Waals surface area (Å²) >= 11 is 5.98. The summed E-state index contributed by atoms with van der Waals surface area (Å²) in [5.41, 5.74) is -0.740. The van der Waals surface area contributed by atoms with Gasteiger partial charge < -0.3 is 9.84 Å². The second-order valence-corrected chi connectivity index (χ2v) is 7.93. The lowest BCUT2D eigenvalue weighted by Gasteiger charge is -2.26. The number of ether oxygens (including phenoxy) is 1.